The molecule has 2 aliphatic rings. The van der Waals surface area contributed by atoms with Crippen molar-refractivity contribution < 1.29 is 4.74 Å². The van der Waals surface area contributed by atoms with E-state index in [-0.39, 0.29) is 12.3 Å². The third-order valence-electron chi connectivity index (χ3n) is 5.45. The number of hydrogen-bond donors (Lipinski definition) is 0. The van der Waals surface area contributed by atoms with Crippen molar-refractivity contribution in [3.63, 3.8) is 0 Å². The standard InChI is InChI=1S/C23H21BrN2OS/c1-14(2)15-5-7-16(8-6-15)23-26-20(13-19(25-26)22-4-3-11-28-22)18-12-17(24)9-10-21(18)27-23/h3-12,14,20,23H,13H2,1-2H3. The molecule has 0 spiro atoms. The maximum atomic E-state index is 6.45. The van der Waals surface area contributed by atoms with Gasteiger partial charge in [0.15, 0.2) is 0 Å². The molecule has 142 valence electrons. The van der Waals surface area contributed by atoms with E-state index in [1.807, 2.05) is 6.07 Å². The van der Waals surface area contributed by atoms with Gasteiger partial charge >= 0.3 is 0 Å². The van der Waals surface area contributed by atoms with E-state index in [1.165, 1.54) is 16.0 Å². The second-order valence-electron chi connectivity index (χ2n) is 7.60. The van der Waals surface area contributed by atoms with Crippen LogP contribution in [-0.4, -0.2) is 10.7 Å². The van der Waals surface area contributed by atoms with Crippen LogP contribution in [0.3, 0.4) is 0 Å². The quantitative estimate of drug-likeness (QED) is 0.432. The van der Waals surface area contributed by atoms with Crippen LogP contribution in [0.4, 0.5) is 0 Å². The van der Waals surface area contributed by atoms with Gasteiger partial charge in [-0.1, -0.05) is 60.1 Å². The van der Waals surface area contributed by atoms with E-state index >= 15 is 0 Å². The lowest BCUT2D eigenvalue weighted by Crippen LogP contribution is -2.33. The van der Waals surface area contributed by atoms with Crippen LogP contribution in [0.5, 0.6) is 5.75 Å². The van der Waals surface area contributed by atoms with Crippen molar-refractivity contribution in [2.24, 2.45) is 5.10 Å². The van der Waals surface area contributed by atoms with Crippen LogP contribution in [0.1, 0.15) is 60.0 Å². The molecule has 3 heterocycles. The van der Waals surface area contributed by atoms with E-state index in [0.29, 0.717) is 5.92 Å². The van der Waals surface area contributed by atoms with Gasteiger partial charge in [0.25, 0.3) is 0 Å². The molecule has 2 aliphatic heterocycles. The monoisotopic (exact) mass is 452 g/mol. The zero-order valence-electron chi connectivity index (χ0n) is 15.8. The van der Waals surface area contributed by atoms with Gasteiger partial charge < -0.3 is 4.74 Å². The molecule has 0 saturated heterocycles. The molecule has 0 fully saturated rings. The minimum atomic E-state index is -0.211. The Bertz CT molecular complexity index is 1030. The normalized spacial score (nSPS) is 20.6. The van der Waals surface area contributed by atoms with Crippen molar-refractivity contribution in [1.29, 1.82) is 0 Å². The smallest absolute Gasteiger partial charge is 0.213 e. The number of hydrazone groups is 1. The number of nitrogens with zero attached hydrogens (tertiary/aromatic N) is 2. The average Bonchev–Trinajstić information content (AvgIpc) is 3.37. The van der Waals surface area contributed by atoms with Gasteiger partial charge in [-0.3, -0.25) is 0 Å². The molecule has 0 bridgehead atoms. The number of thiophene rings is 1. The van der Waals surface area contributed by atoms with Gasteiger partial charge in [-0.15, -0.1) is 11.3 Å². The maximum Gasteiger partial charge on any atom is 0.213 e. The van der Waals surface area contributed by atoms with E-state index in [1.54, 1.807) is 11.3 Å². The van der Waals surface area contributed by atoms with Crippen LogP contribution in [0.25, 0.3) is 0 Å². The predicted octanol–water partition coefficient (Wildman–Crippen LogP) is 6.88. The van der Waals surface area contributed by atoms with Gasteiger partial charge in [-0.2, -0.15) is 5.10 Å². The van der Waals surface area contributed by atoms with E-state index in [9.17, 15) is 0 Å². The summed E-state index contributed by atoms with van der Waals surface area (Å²) in [4.78, 5) is 1.24. The molecule has 5 rings (SSSR count). The van der Waals surface area contributed by atoms with Gasteiger partial charge in [0.1, 0.15) is 5.75 Å². The van der Waals surface area contributed by atoms with Crippen LogP contribution >= 0.6 is 27.3 Å². The highest BCUT2D eigenvalue weighted by atomic mass is 79.9. The highest BCUT2D eigenvalue weighted by Gasteiger charge is 2.41. The Morgan fingerprint density at radius 1 is 1.14 bits per heavy atom. The minimum absolute atomic E-state index is 0.188. The Hall–Kier alpha value is -2.11. The molecule has 3 nitrogen and oxygen atoms in total. The Morgan fingerprint density at radius 2 is 1.96 bits per heavy atom. The van der Waals surface area contributed by atoms with E-state index in [0.717, 1.165) is 27.9 Å². The first-order valence-corrected chi connectivity index (χ1v) is 11.2. The Balaban J connectivity index is 1.57. The zero-order chi connectivity index (χ0) is 19.3. The first kappa shape index (κ1) is 18.0. The molecule has 28 heavy (non-hydrogen) atoms. The molecule has 0 amide bonds. The van der Waals surface area contributed by atoms with E-state index < -0.39 is 0 Å². The molecule has 2 unspecified atom stereocenters. The number of ether oxygens (including phenoxy) is 1. The number of fused-ring (bicyclic) bond motifs is 3. The van der Waals surface area contributed by atoms with Crippen molar-refractivity contribution in [1.82, 2.24) is 5.01 Å². The first-order valence-electron chi connectivity index (χ1n) is 9.56. The lowest BCUT2D eigenvalue weighted by atomic mass is 9.97. The molecule has 1 aromatic heterocycles. The van der Waals surface area contributed by atoms with Crippen LogP contribution in [0.2, 0.25) is 0 Å². The Morgan fingerprint density at radius 3 is 2.68 bits per heavy atom. The Labute approximate surface area is 177 Å². The minimum Gasteiger partial charge on any atom is -0.464 e. The van der Waals surface area contributed by atoms with Crippen molar-refractivity contribution in [2.75, 3.05) is 0 Å². The largest absolute Gasteiger partial charge is 0.464 e. The predicted molar refractivity (Wildman–Crippen MR) is 118 cm³/mol. The number of hydrogen-bond acceptors (Lipinski definition) is 4. The topological polar surface area (TPSA) is 24.8 Å². The lowest BCUT2D eigenvalue weighted by molar-refractivity contribution is -0.0190. The molecule has 0 saturated carbocycles. The zero-order valence-corrected chi connectivity index (χ0v) is 18.2. The van der Waals surface area contributed by atoms with Crippen LogP contribution < -0.4 is 4.74 Å². The maximum absolute atomic E-state index is 6.45. The summed E-state index contributed by atoms with van der Waals surface area (Å²) in [5, 5.41) is 9.27. The highest BCUT2D eigenvalue weighted by molar-refractivity contribution is 9.10. The van der Waals surface area contributed by atoms with Crippen LogP contribution in [0, 0.1) is 0 Å². The van der Waals surface area contributed by atoms with Gasteiger partial charge in [0, 0.05) is 22.0 Å². The average molecular weight is 453 g/mol. The Kier molecular flexibility index (Phi) is 4.52. The summed E-state index contributed by atoms with van der Waals surface area (Å²) in [5.74, 6) is 1.47. The summed E-state index contributed by atoms with van der Waals surface area (Å²) in [6, 6.07) is 19.5. The summed E-state index contributed by atoms with van der Waals surface area (Å²) in [7, 11) is 0. The third-order valence-corrected chi connectivity index (χ3v) is 6.86. The number of rotatable bonds is 3. The molecule has 0 aliphatic carbocycles. The van der Waals surface area contributed by atoms with Gasteiger partial charge in [0.05, 0.1) is 16.6 Å². The molecule has 3 aromatic rings. The first-order chi connectivity index (χ1) is 13.6. The van der Waals surface area contributed by atoms with Crippen LogP contribution in [-0.2, 0) is 0 Å². The summed E-state index contributed by atoms with van der Waals surface area (Å²) < 4.78 is 7.52. The van der Waals surface area contributed by atoms with E-state index in [4.69, 9.17) is 9.84 Å². The van der Waals surface area contributed by atoms with Gasteiger partial charge in [-0.25, -0.2) is 5.01 Å². The van der Waals surface area contributed by atoms with Crippen molar-refractivity contribution in [3.8, 4) is 5.75 Å². The van der Waals surface area contributed by atoms with E-state index in [2.05, 4.69) is 88.7 Å². The van der Waals surface area contributed by atoms with Gasteiger partial charge in [-0.05, 0) is 41.1 Å². The second-order valence-corrected chi connectivity index (χ2v) is 9.46. The van der Waals surface area contributed by atoms with Crippen molar-refractivity contribution >= 4 is 33.0 Å². The summed E-state index contributed by atoms with van der Waals surface area (Å²) >= 11 is 5.36. The molecular formula is C23H21BrN2OS. The third kappa shape index (κ3) is 3.07. The van der Waals surface area contributed by atoms with Crippen LogP contribution in [0.15, 0.2) is 69.6 Å². The lowest BCUT2D eigenvalue weighted by Gasteiger charge is -2.38. The summed E-state index contributed by atoms with van der Waals surface area (Å²) in [6.07, 6.45) is 0.686. The van der Waals surface area contributed by atoms with Crippen molar-refractivity contribution in [3.05, 3.63) is 86.0 Å². The van der Waals surface area contributed by atoms with Crippen molar-refractivity contribution in [2.45, 2.75) is 38.5 Å². The number of halogens is 1. The summed E-state index contributed by atoms with van der Waals surface area (Å²) in [5.41, 5.74) is 4.81. The summed E-state index contributed by atoms with van der Waals surface area (Å²) in [6.45, 7) is 4.43. The SMILES string of the molecule is CC(C)c1ccc(C2Oc3ccc(Br)cc3C3CC(c4cccs4)=NN32)cc1. The van der Waals surface area contributed by atoms with Gasteiger partial charge in [0.2, 0.25) is 6.23 Å². The second kappa shape index (κ2) is 7.05. The highest BCUT2D eigenvalue weighted by Crippen LogP contribution is 2.48. The molecule has 0 N–H and O–H groups in total. The molecule has 5 heteroatoms. The molecule has 0 radical (unpaired) electrons. The number of benzene rings is 2. The molecule has 2 atom stereocenters. The molecular weight excluding hydrogens is 432 g/mol. The fourth-order valence-corrected chi connectivity index (χ4v) is 5.02. The molecule has 2 aromatic carbocycles. The fourth-order valence-electron chi connectivity index (χ4n) is 3.92. The fraction of sp³-hybridized carbons (Fsp3) is 0.261.